The lowest BCUT2D eigenvalue weighted by Crippen LogP contribution is -2.14. The molecule has 0 radical (unpaired) electrons. The van der Waals surface area contributed by atoms with Gasteiger partial charge in [-0.1, -0.05) is 52.2 Å². The zero-order chi connectivity index (χ0) is 25.3. The highest BCUT2D eigenvalue weighted by Gasteiger charge is 2.21. The summed E-state index contributed by atoms with van der Waals surface area (Å²) in [7, 11) is -3.93. The zero-order valence-corrected chi connectivity index (χ0v) is 19.7. The molecule has 0 atom stereocenters. The Bertz CT molecular complexity index is 1740. The fourth-order valence-electron chi connectivity index (χ4n) is 3.44. The summed E-state index contributed by atoms with van der Waals surface area (Å²) in [5.41, 5.74) is 1.25. The molecule has 2 aromatic heterocycles. The number of amides is 1. The number of anilines is 1. The number of H-pyrrole nitrogens is 1. The maximum absolute atomic E-state index is 13.0. The second kappa shape index (κ2) is 9.32. The van der Waals surface area contributed by atoms with Crippen LogP contribution in [0, 0.1) is 0 Å². The van der Waals surface area contributed by atoms with E-state index < -0.39 is 21.8 Å². The van der Waals surface area contributed by atoms with Crippen LogP contribution in [0.4, 0.5) is 5.69 Å². The maximum Gasteiger partial charge on any atom is 0.439 e. The standard InChI is InChI=1S/C23H15ClN4O7S/c24-14-6-9-18(17(10-14)21-26-23(30)34-28-21)25-22(29)20-16-8-7-15(11-19(16)33-27-20)35-36(31,32)12-13-4-2-1-3-5-13/h1-11H,12H2,(H,25,29)(H,26,28,30). The predicted molar refractivity (Wildman–Crippen MR) is 129 cm³/mol. The molecule has 0 bridgehead atoms. The van der Waals surface area contributed by atoms with Gasteiger partial charge in [0.25, 0.3) is 5.91 Å². The Morgan fingerprint density at radius 1 is 1.03 bits per heavy atom. The second-order valence-corrected chi connectivity index (χ2v) is 9.55. The number of hydrogen-bond donors (Lipinski definition) is 2. The number of rotatable bonds is 7. The van der Waals surface area contributed by atoms with Gasteiger partial charge in [-0.3, -0.25) is 14.3 Å². The largest absolute Gasteiger partial charge is 0.439 e. The van der Waals surface area contributed by atoms with E-state index in [4.69, 9.17) is 20.3 Å². The molecular formula is C23H15ClN4O7S. The molecule has 0 spiro atoms. The molecule has 0 aliphatic heterocycles. The molecule has 0 aliphatic carbocycles. The van der Waals surface area contributed by atoms with E-state index in [1.165, 1.54) is 30.3 Å². The summed E-state index contributed by atoms with van der Waals surface area (Å²) >= 11 is 6.05. The fraction of sp³-hybridized carbons (Fsp3) is 0.0435. The highest BCUT2D eigenvalue weighted by atomic mass is 35.5. The lowest BCUT2D eigenvalue weighted by Gasteiger charge is -2.09. The minimum Gasteiger partial charge on any atom is -0.382 e. The molecule has 2 N–H and O–H groups in total. The average molecular weight is 527 g/mol. The molecule has 0 saturated heterocycles. The van der Waals surface area contributed by atoms with E-state index >= 15 is 0 Å². The second-order valence-electron chi connectivity index (χ2n) is 7.55. The maximum atomic E-state index is 13.0. The first-order chi connectivity index (χ1) is 17.3. The van der Waals surface area contributed by atoms with Gasteiger partial charge in [0.2, 0.25) is 0 Å². The van der Waals surface area contributed by atoms with Crippen LogP contribution < -0.4 is 15.3 Å². The molecule has 2 heterocycles. The Kier molecular flexibility index (Phi) is 6.04. The van der Waals surface area contributed by atoms with Crippen LogP contribution in [0.25, 0.3) is 22.4 Å². The van der Waals surface area contributed by atoms with Gasteiger partial charge in [0.05, 0.1) is 11.1 Å². The van der Waals surface area contributed by atoms with Crippen LogP contribution in [0.5, 0.6) is 5.75 Å². The lowest BCUT2D eigenvalue weighted by atomic mass is 10.1. The zero-order valence-electron chi connectivity index (χ0n) is 18.1. The van der Waals surface area contributed by atoms with Gasteiger partial charge >= 0.3 is 15.9 Å². The van der Waals surface area contributed by atoms with E-state index in [9.17, 15) is 18.0 Å². The van der Waals surface area contributed by atoms with Crippen LogP contribution in [0.1, 0.15) is 16.1 Å². The topological polar surface area (TPSA) is 157 Å². The van der Waals surface area contributed by atoms with Crippen molar-refractivity contribution in [3.8, 4) is 17.1 Å². The third-order valence-corrected chi connectivity index (χ3v) is 6.36. The van der Waals surface area contributed by atoms with Crippen molar-refractivity contribution in [2.75, 3.05) is 5.32 Å². The SMILES string of the molecule is O=C(Nc1ccc(Cl)cc1-c1noc(=O)[nH]1)c1noc2cc(OS(=O)(=O)Cc3ccccc3)ccc12. The Labute approximate surface area is 207 Å². The van der Waals surface area contributed by atoms with Gasteiger partial charge < -0.3 is 14.0 Å². The van der Waals surface area contributed by atoms with E-state index in [0.29, 0.717) is 21.5 Å². The number of benzene rings is 3. The molecule has 1 amide bonds. The van der Waals surface area contributed by atoms with Crippen molar-refractivity contribution in [1.29, 1.82) is 0 Å². The summed E-state index contributed by atoms with van der Waals surface area (Å²) in [4.78, 5) is 26.7. The van der Waals surface area contributed by atoms with Crippen molar-refractivity contribution in [3.05, 3.63) is 93.6 Å². The quantitative estimate of drug-likeness (QED) is 0.299. The van der Waals surface area contributed by atoms with Crippen LogP contribution in [0.15, 0.2) is 80.6 Å². The van der Waals surface area contributed by atoms with Crippen molar-refractivity contribution >= 4 is 44.3 Å². The number of halogens is 1. The minimum absolute atomic E-state index is 0.0107. The summed E-state index contributed by atoms with van der Waals surface area (Å²) < 4.78 is 39.8. The fourth-order valence-corrected chi connectivity index (χ4v) is 4.67. The molecule has 13 heteroatoms. The molecule has 3 aromatic carbocycles. The number of aromatic nitrogens is 3. The molecule has 11 nitrogen and oxygen atoms in total. The summed E-state index contributed by atoms with van der Waals surface area (Å²) in [5, 5.41) is 10.8. The van der Waals surface area contributed by atoms with Crippen molar-refractivity contribution in [2.45, 2.75) is 5.75 Å². The first-order valence-electron chi connectivity index (χ1n) is 10.3. The van der Waals surface area contributed by atoms with Gasteiger partial charge in [0, 0.05) is 16.7 Å². The van der Waals surface area contributed by atoms with Crippen molar-refractivity contribution in [1.82, 2.24) is 15.3 Å². The normalized spacial score (nSPS) is 11.5. The molecule has 36 heavy (non-hydrogen) atoms. The molecule has 0 aliphatic rings. The lowest BCUT2D eigenvalue weighted by molar-refractivity contribution is 0.102. The average Bonchev–Trinajstić information content (AvgIpc) is 3.46. The van der Waals surface area contributed by atoms with E-state index in [2.05, 4.69) is 25.1 Å². The van der Waals surface area contributed by atoms with Crippen LogP contribution >= 0.6 is 11.6 Å². The van der Waals surface area contributed by atoms with E-state index in [0.717, 1.165) is 0 Å². The minimum atomic E-state index is -3.93. The third-order valence-electron chi connectivity index (χ3n) is 4.99. The molecule has 5 rings (SSSR count). The summed E-state index contributed by atoms with van der Waals surface area (Å²) in [6, 6.07) is 17.3. The van der Waals surface area contributed by atoms with Gasteiger partial charge in [0.15, 0.2) is 17.1 Å². The number of hydrogen-bond acceptors (Lipinski definition) is 9. The Balaban J connectivity index is 1.38. The smallest absolute Gasteiger partial charge is 0.382 e. The summed E-state index contributed by atoms with van der Waals surface area (Å²) in [6.07, 6.45) is 0. The summed E-state index contributed by atoms with van der Waals surface area (Å²) in [6.45, 7) is 0. The van der Waals surface area contributed by atoms with Crippen LogP contribution in [-0.4, -0.2) is 29.6 Å². The van der Waals surface area contributed by atoms with E-state index in [-0.39, 0.29) is 34.3 Å². The number of nitrogens with one attached hydrogen (secondary N) is 2. The van der Waals surface area contributed by atoms with Gasteiger partial charge in [-0.2, -0.15) is 8.42 Å². The predicted octanol–water partition coefficient (Wildman–Crippen LogP) is 3.99. The Morgan fingerprint density at radius 2 is 1.83 bits per heavy atom. The monoisotopic (exact) mass is 526 g/mol. The molecule has 0 fully saturated rings. The molecule has 182 valence electrons. The number of nitrogens with zero attached hydrogens (tertiary/aromatic N) is 2. The van der Waals surface area contributed by atoms with Crippen LogP contribution in [0.3, 0.4) is 0 Å². The first kappa shape index (κ1) is 23.3. The van der Waals surface area contributed by atoms with Gasteiger partial charge in [-0.15, -0.1) is 0 Å². The number of fused-ring (bicyclic) bond motifs is 1. The summed E-state index contributed by atoms with van der Waals surface area (Å²) in [5.74, 6) is -1.63. The number of aromatic amines is 1. The first-order valence-corrected chi connectivity index (χ1v) is 12.3. The molecule has 5 aromatic rings. The molecular weight excluding hydrogens is 512 g/mol. The van der Waals surface area contributed by atoms with Crippen LogP contribution in [-0.2, 0) is 15.9 Å². The van der Waals surface area contributed by atoms with Crippen molar-refractivity contribution < 1.29 is 26.4 Å². The van der Waals surface area contributed by atoms with Gasteiger partial charge in [-0.05, 0) is 35.9 Å². The Hall–Kier alpha value is -4.42. The highest BCUT2D eigenvalue weighted by molar-refractivity contribution is 7.86. The van der Waals surface area contributed by atoms with Gasteiger partial charge in [0.1, 0.15) is 11.5 Å². The highest BCUT2D eigenvalue weighted by Crippen LogP contribution is 2.30. The number of carbonyl (C=O) groups excluding carboxylic acids is 1. The molecule has 0 unspecified atom stereocenters. The van der Waals surface area contributed by atoms with Crippen LogP contribution in [0.2, 0.25) is 5.02 Å². The van der Waals surface area contributed by atoms with Crippen molar-refractivity contribution in [3.63, 3.8) is 0 Å². The van der Waals surface area contributed by atoms with Crippen molar-refractivity contribution in [2.24, 2.45) is 0 Å². The number of carbonyl (C=O) groups is 1. The van der Waals surface area contributed by atoms with Gasteiger partial charge in [-0.25, -0.2) is 4.79 Å². The Morgan fingerprint density at radius 3 is 2.58 bits per heavy atom. The van der Waals surface area contributed by atoms with E-state index in [1.807, 2.05) is 0 Å². The van der Waals surface area contributed by atoms with E-state index in [1.54, 1.807) is 36.4 Å². The third kappa shape index (κ3) is 4.99. The molecule has 0 saturated carbocycles.